The van der Waals surface area contributed by atoms with Crippen LogP contribution in [-0.2, 0) is 11.3 Å². The summed E-state index contributed by atoms with van der Waals surface area (Å²) in [5, 5.41) is 8.14. The van der Waals surface area contributed by atoms with E-state index in [1.165, 1.54) is 6.39 Å². The minimum Gasteiger partial charge on any atom is -0.451 e. The Balaban J connectivity index is 1.48. The van der Waals surface area contributed by atoms with E-state index in [0.29, 0.717) is 47.9 Å². The first-order chi connectivity index (χ1) is 17.1. The summed E-state index contributed by atoms with van der Waals surface area (Å²) in [6.45, 7) is 7.75. The van der Waals surface area contributed by atoms with Crippen molar-refractivity contribution in [3.63, 3.8) is 0 Å². The average molecular weight is 475 g/mol. The van der Waals surface area contributed by atoms with Gasteiger partial charge in [-0.3, -0.25) is 9.48 Å². The molecule has 35 heavy (non-hydrogen) atoms. The van der Waals surface area contributed by atoms with Gasteiger partial charge < -0.3 is 29.3 Å². The molecule has 1 aliphatic rings. The second-order valence-electron chi connectivity index (χ2n) is 8.62. The van der Waals surface area contributed by atoms with Crippen LogP contribution in [0.1, 0.15) is 25.6 Å². The van der Waals surface area contributed by atoms with Crippen LogP contribution in [0.25, 0.3) is 33.5 Å². The summed E-state index contributed by atoms with van der Waals surface area (Å²) in [4.78, 5) is 31.0. The molecular formula is C24H26N8O3. The van der Waals surface area contributed by atoms with Gasteiger partial charge in [0.05, 0.1) is 41.5 Å². The molecule has 1 atom stereocenters. The normalized spacial score (nSPS) is 15.2. The van der Waals surface area contributed by atoms with E-state index in [1.807, 2.05) is 26.1 Å². The second-order valence-corrected chi connectivity index (χ2v) is 8.62. The monoisotopic (exact) mass is 474 g/mol. The highest BCUT2D eigenvalue weighted by atomic mass is 16.5. The van der Waals surface area contributed by atoms with E-state index in [1.54, 1.807) is 10.9 Å². The third-order valence-corrected chi connectivity index (χ3v) is 6.38. The number of benzene rings is 1. The molecule has 0 amide bonds. The molecule has 0 spiro atoms. The lowest BCUT2D eigenvalue weighted by Gasteiger charge is -2.28. The summed E-state index contributed by atoms with van der Waals surface area (Å²) in [5.74, 6) is 0.475. The molecular weight excluding hydrogens is 448 g/mol. The molecule has 5 aromatic rings. The molecule has 11 heteroatoms. The summed E-state index contributed by atoms with van der Waals surface area (Å²) in [5.41, 5.74) is 5.52. The molecule has 4 aromatic heterocycles. The fraction of sp³-hybridized carbons (Fsp3) is 0.333. The number of imidazole rings is 1. The van der Waals surface area contributed by atoms with Crippen LogP contribution in [0, 0.1) is 0 Å². The van der Waals surface area contributed by atoms with Gasteiger partial charge in [-0.15, -0.1) is 0 Å². The first-order valence-electron chi connectivity index (χ1n) is 11.7. The smallest absolute Gasteiger partial charge is 0.261 e. The van der Waals surface area contributed by atoms with Gasteiger partial charge in [-0.1, -0.05) is 0 Å². The third kappa shape index (κ3) is 3.83. The van der Waals surface area contributed by atoms with Gasteiger partial charge in [0.25, 0.3) is 5.56 Å². The quantitative estimate of drug-likeness (QED) is 0.342. The summed E-state index contributed by atoms with van der Waals surface area (Å²) in [7, 11) is 0. The van der Waals surface area contributed by atoms with Crippen LogP contribution in [0.5, 0.6) is 0 Å². The van der Waals surface area contributed by atoms with Gasteiger partial charge in [0.15, 0.2) is 6.39 Å². The van der Waals surface area contributed by atoms with Crippen LogP contribution < -0.4 is 15.8 Å². The number of nitrogens with one attached hydrogen (secondary N) is 3. The van der Waals surface area contributed by atoms with Gasteiger partial charge >= 0.3 is 0 Å². The molecule has 0 radical (unpaired) electrons. The molecule has 1 aliphatic heterocycles. The Kier molecular flexibility index (Phi) is 5.25. The fourth-order valence-electron chi connectivity index (χ4n) is 4.50. The number of H-pyrrole nitrogens is 2. The van der Waals surface area contributed by atoms with Crippen LogP contribution in [-0.4, -0.2) is 56.0 Å². The maximum atomic E-state index is 13.4. The van der Waals surface area contributed by atoms with Gasteiger partial charge in [0.1, 0.15) is 28.9 Å². The molecule has 6 rings (SSSR count). The lowest BCUT2D eigenvalue weighted by Crippen LogP contribution is -2.36. The van der Waals surface area contributed by atoms with Crippen molar-refractivity contribution in [3.05, 3.63) is 53.1 Å². The number of aromatic nitrogens is 6. The van der Waals surface area contributed by atoms with E-state index in [2.05, 4.69) is 37.3 Å². The van der Waals surface area contributed by atoms with Crippen LogP contribution in [0.3, 0.4) is 0 Å². The van der Waals surface area contributed by atoms with Gasteiger partial charge in [-0.2, -0.15) is 5.10 Å². The Labute approximate surface area is 200 Å². The molecule has 1 saturated heterocycles. The highest BCUT2D eigenvalue weighted by Gasteiger charge is 2.23. The molecule has 0 aliphatic carbocycles. The number of hydrogen-bond donors (Lipinski definition) is 3. The predicted molar refractivity (Wildman–Crippen MR) is 133 cm³/mol. The number of morpholine rings is 1. The first kappa shape index (κ1) is 21.4. The minimum absolute atomic E-state index is 0.221. The third-order valence-electron chi connectivity index (χ3n) is 6.38. The second kappa shape index (κ2) is 8.58. The Morgan fingerprint density at radius 1 is 1.20 bits per heavy atom. The molecule has 0 unspecified atom stereocenters. The lowest BCUT2D eigenvalue weighted by atomic mass is 10.1. The zero-order chi connectivity index (χ0) is 23.9. The number of aromatic amines is 2. The lowest BCUT2D eigenvalue weighted by molar-refractivity contribution is 0.122. The first-order valence-corrected chi connectivity index (χ1v) is 11.7. The highest BCUT2D eigenvalue weighted by Crippen LogP contribution is 2.33. The predicted octanol–water partition coefficient (Wildman–Crippen LogP) is 3.29. The number of fused-ring (bicyclic) bond motifs is 2. The zero-order valence-corrected chi connectivity index (χ0v) is 19.5. The maximum absolute atomic E-state index is 13.4. The van der Waals surface area contributed by atoms with Crippen LogP contribution in [0.4, 0.5) is 11.4 Å². The molecule has 3 N–H and O–H groups in total. The summed E-state index contributed by atoms with van der Waals surface area (Å²) in [6, 6.07) is 5.88. The SMILES string of the molecule is CCn1cc2[nH]c(=O)c(-c3nc4ccc(N5CCOCC5)cc4[nH]3)c(N[C@@H](C)c3cocn3)c2n1. The number of aryl methyl sites for hydroxylation is 1. The molecule has 0 saturated carbocycles. The van der Waals surface area contributed by atoms with E-state index < -0.39 is 0 Å². The fourth-order valence-corrected chi connectivity index (χ4v) is 4.50. The van der Waals surface area contributed by atoms with Crippen LogP contribution >= 0.6 is 0 Å². The molecule has 5 heterocycles. The minimum atomic E-state index is -0.254. The van der Waals surface area contributed by atoms with Crippen molar-refractivity contribution in [1.82, 2.24) is 29.7 Å². The Hall–Kier alpha value is -4.12. The Morgan fingerprint density at radius 3 is 2.83 bits per heavy atom. The number of nitrogens with zero attached hydrogens (tertiary/aromatic N) is 5. The van der Waals surface area contributed by atoms with E-state index >= 15 is 0 Å². The van der Waals surface area contributed by atoms with E-state index in [0.717, 1.165) is 35.5 Å². The van der Waals surface area contributed by atoms with Gasteiger partial charge in [-0.25, -0.2) is 9.97 Å². The average Bonchev–Trinajstić information content (AvgIpc) is 3.63. The van der Waals surface area contributed by atoms with E-state index in [9.17, 15) is 4.79 Å². The van der Waals surface area contributed by atoms with Gasteiger partial charge in [0, 0.05) is 31.5 Å². The van der Waals surface area contributed by atoms with Crippen molar-refractivity contribution in [2.24, 2.45) is 0 Å². The van der Waals surface area contributed by atoms with Gasteiger partial charge in [0.2, 0.25) is 0 Å². The van der Waals surface area contributed by atoms with Crippen molar-refractivity contribution >= 4 is 33.4 Å². The van der Waals surface area contributed by atoms with Crippen LogP contribution in [0.15, 0.2) is 46.3 Å². The number of oxazole rings is 1. The summed E-state index contributed by atoms with van der Waals surface area (Å²) in [6.07, 6.45) is 4.80. The van der Waals surface area contributed by atoms with E-state index in [4.69, 9.17) is 19.2 Å². The van der Waals surface area contributed by atoms with E-state index in [-0.39, 0.29) is 11.6 Å². The van der Waals surface area contributed by atoms with Gasteiger partial charge in [-0.05, 0) is 32.0 Å². The molecule has 180 valence electrons. The Bertz CT molecular complexity index is 1540. The topological polar surface area (TPSA) is 130 Å². The van der Waals surface area contributed by atoms with Crippen molar-refractivity contribution in [1.29, 1.82) is 0 Å². The molecule has 11 nitrogen and oxygen atoms in total. The van der Waals surface area contributed by atoms with Crippen molar-refractivity contribution in [2.45, 2.75) is 26.4 Å². The summed E-state index contributed by atoms with van der Waals surface area (Å²) >= 11 is 0. The maximum Gasteiger partial charge on any atom is 0.261 e. The highest BCUT2D eigenvalue weighted by molar-refractivity contribution is 5.96. The molecule has 1 fully saturated rings. The molecule has 1 aromatic carbocycles. The summed E-state index contributed by atoms with van der Waals surface area (Å²) < 4.78 is 12.4. The number of hydrogen-bond acceptors (Lipinski definition) is 8. The number of ether oxygens (including phenoxy) is 1. The number of rotatable bonds is 6. The van der Waals surface area contributed by atoms with Crippen molar-refractivity contribution < 1.29 is 9.15 Å². The van der Waals surface area contributed by atoms with Crippen LogP contribution in [0.2, 0.25) is 0 Å². The zero-order valence-electron chi connectivity index (χ0n) is 19.5. The standard InChI is InChI=1S/C24H26N8O3/c1-3-32-11-18-21(30-32)22(26-14(2)19-12-35-13-25-19)20(24(33)29-18)23-27-16-5-4-15(10-17(16)28-23)31-6-8-34-9-7-31/h4-5,10-14,26H,3,6-9H2,1-2H3,(H,27,28)(H,29,33)/t14-/m0/s1. The number of anilines is 2. The van der Waals surface area contributed by atoms with Crippen molar-refractivity contribution in [2.75, 3.05) is 36.5 Å². The largest absolute Gasteiger partial charge is 0.451 e. The van der Waals surface area contributed by atoms with Crippen molar-refractivity contribution in [3.8, 4) is 11.4 Å². The Morgan fingerprint density at radius 2 is 2.06 bits per heavy atom. The molecule has 0 bridgehead atoms. The number of pyridine rings is 1.